The highest BCUT2D eigenvalue weighted by Crippen LogP contribution is 2.33. The molecule has 0 fully saturated rings. The van der Waals surface area contributed by atoms with Gasteiger partial charge in [0.1, 0.15) is 0 Å². The van der Waals surface area contributed by atoms with Crippen LogP contribution in [0.3, 0.4) is 0 Å². The summed E-state index contributed by atoms with van der Waals surface area (Å²) >= 11 is 0. The lowest BCUT2D eigenvalue weighted by molar-refractivity contribution is 0.446. The van der Waals surface area contributed by atoms with Gasteiger partial charge in [-0.25, -0.2) is 13.1 Å². The van der Waals surface area contributed by atoms with Gasteiger partial charge in [0, 0.05) is 17.0 Å². The molecule has 1 N–H and O–H groups in total. The molecule has 26 heavy (non-hydrogen) atoms. The maximum atomic E-state index is 12.7. The van der Waals surface area contributed by atoms with Crippen molar-refractivity contribution in [2.24, 2.45) is 5.92 Å². The molecule has 0 aliphatic rings. The normalized spacial score (nSPS) is 14.3. The fourth-order valence-corrected chi connectivity index (χ4v) is 6.86. The molecular weight excluding hydrogens is 382 g/mol. The minimum Gasteiger partial charge on any atom is -0.207 e. The summed E-state index contributed by atoms with van der Waals surface area (Å²) in [5.41, 5.74) is 2.32. The average Bonchev–Trinajstić information content (AvgIpc) is 2.60. The SMILES string of the molecule is Cc1ccc(S(=O)(=O)N[C@H](C(C)C)[C@@H](C)SSCc2ccccc2)cc1. The third-order valence-corrected chi connectivity index (χ3v) is 8.47. The van der Waals surface area contributed by atoms with E-state index in [2.05, 4.69) is 37.6 Å². The highest BCUT2D eigenvalue weighted by molar-refractivity contribution is 8.76. The van der Waals surface area contributed by atoms with Gasteiger partial charge in [-0.15, -0.1) is 0 Å². The van der Waals surface area contributed by atoms with Gasteiger partial charge in [-0.05, 0) is 30.5 Å². The van der Waals surface area contributed by atoms with Crippen LogP contribution in [0.2, 0.25) is 0 Å². The molecule has 0 bridgehead atoms. The molecule has 0 saturated heterocycles. The standard InChI is InChI=1S/C20H27NO2S3/c1-15(2)20(17(4)25-24-14-18-8-6-5-7-9-18)21-26(22,23)19-12-10-16(3)11-13-19/h5-13,15,17,20-21H,14H2,1-4H3/t17-,20-/m1/s1. The quantitative estimate of drug-likeness (QED) is 0.573. The van der Waals surface area contributed by atoms with Crippen LogP contribution in [0.5, 0.6) is 0 Å². The van der Waals surface area contributed by atoms with E-state index >= 15 is 0 Å². The summed E-state index contributed by atoms with van der Waals surface area (Å²) in [5, 5.41) is 0.156. The lowest BCUT2D eigenvalue weighted by Crippen LogP contribution is -2.44. The van der Waals surface area contributed by atoms with Crippen molar-refractivity contribution in [3.63, 3.8) is 0 Å². The van der Waals surface area contributed by atoms with Crippen molar-refractivity contribution in [2.75, 3.05) is 0 Å². The molecule has 2 atom stereocenters. The molecule has 142 valence electrons. The Morgan fingerprint density at radius 2 is 1.58 bits per heavy atom. The van der Waals surface area contributed by atoms with Gasteiger partial charge in [0.25, 0.3) is 0 Å². The lowest BCUT2D eigenvalue weighted by Gasteiger charge is -2.27. The number of sulfonamides is 1. The third-order valence-electron chi connectivity index (χ3n) is 4.13. The Hall–Kier alpha value is -0.950. The molecular formula is C20H27NO2S3. The smallest absolute Gasteiger partial charge is 0.207 e. The molecule has 0 heterocycles. The highest BCUT2D eigenvalue weighted by Gasteiger charge is 2.27. The Labute approximate surface area is 165 Å². The third kappa shape index (κ3) is 6.34. The van der Waals surface area contributed by atoms with Gasteiger partial charge in [-0.3, -0.25) is 0 Å². The molecule has 0 spiro atoms. The number of benzene rings is 2. The summed E-state index contributed by atoms with van der Waals surface area (Å²) in [6.07, 6.45) is 0. The van der Waals surface area contributed by atoms with Gasteiger partial charge >= 0.3 is 0 Å². The highest BCUT2D eigenvalue weighted by atomic mass is 33.1. The van der Waals surface area contributed by atoms with Gasteiger partial charge in [0.05, 0.1) is 4.90 Å². The van der Waals surface area contributed by atoms with Crippen LogP contribution in [-0.4, -0.2) is 19.7 Å². The number of aryl methyl sites for hydroxylation is 1. The monoisotopic (exact) mass is 409 g/mol. The van der Waals surface area contributed by atoms with Crippen LogP contribution in [-0.2, 0) is 15.8 Å². The van der Waals surface area contributed by atoms with Crippen molar-refractivity contribution in [3.05, 3.63) is 65.7 Å². The molecule has 0 aliphatic heterocycles. The van der Waals surface area contributed by atoms with Crippen molar-refractivity contribution >= 4 is 31.6 Å². The first-order valence-electron chi connectivity index (χ1n) is 8.71. The first kappa shape index (κ1) is 21.4. The summed E-state index contributed by atoms with van der Waals surface area (Å²) < 4.78 is 28.4. The molecule has 2 rings (SSSR count). The van der Waals surface area contributed by atoms with Gasteiger partial charge in [0.15, 0.2) is 0 Å². The molecule has 0 saturated carbocycles. The fourth-order valence-electron chi connectivity index (χ4n) is 2.58. The minimum absolute atomic E-state index is 0.130. The van der Waals surface area contributed by atoms with E-state index < -0.39 is 10.0 Å². The van der Waals surface area contributed by atoms with Crippen molar-refractivity contribution in [1.82, 2.24) is 4.72 Å². The Bertz CT molecular complexity index is 774. The molecule has 2 aromatic rings. The molecule has 0 unspecified atom stereocenters. The van der Waals surface area contributed by atoms with E-state index in [-0.39, 0.29) is 17.2 Å². The van der Waals surface area contributed by atoms with Crippen LogP contribution in [0.25, 0.3) is 0 Å². The van der Waals surface area contributed by atoms with Crippen molar-refractivity contribution in [1.29, 1.82) is 0 Å². The zero-order valence-electron chi connectivity index (χ0n) is 15.7. The molecule has 0 aliphatic carbocycles. The zero-order valence-corrected chi connectivity index (χ0v) is 18.1. The minimum atomic E-state index is -3.52. The van der Waals surface area contributed by atoms with Gasteiger partial charge in [-0.2, -0.15) is 0 Å². The summed E-state index contributed by atoms with van der Waals surface area (Å²) in [5.74, 6) is 1.11. The van der Waals surface area contributed by atoms with Crippen LogP contribution in [0.15, 0.2) is 59.5 Å². The molecule has 2 aromatic carbocycles. The predicted octanol–water partition coefficient (Wildman–Crippen LogP) is 5.27. The van der Waals surface area contributed by atoms with E-state index in [0.717, 1.165) is 11.3 Å². The number of nitrogens with one attached hydrogen (secondary N) is 1. The molecule has 0 radical (unpaired) electrons. The molecule has 0 amide bonds. The average molecular weight is 410 g/mol. The number of hydrogen-bond donors (Lipinski definition) is 1. The number of hydrogen-bond acceptors (Lipinski definition) is 4. The maximum absolute atomic E-state index is 12.7. The van der Waals surface area contributed by atoms with Crippen molar-refractivity contribution in [3.8, 4) is 0 Å². The van der Waals surface area contributed by atoms with Gasteiger partial charge in [0.2, 0.25) is 10.0 Å². The van der Waals surface area contributed by atoms with E-state index in [0.29, 0.717) is 4.90 Å². The van der Waals surface area contributed by atoms with Crippen molar-refractivity contribution in [2.45, 2.75) is 49.6 Å². The summed E-state index contributed by atoms with van der Waals surface area (Å²) in [6, 6.07) is 17.2. The summed E-state index contributed by atoms with van der Waals surface area (Å²) in [6.45, 7) is 8.15. The van der Waals surface area contributed by atoms with E-state index in [9.17, 15) is 8.42 Å². The van der Waals surface area contributed by atoms with E-state index in [1.54, 1.807) is 33.7 Å². The van der Waals surface area contributed by atoms with Crippen LogP contribution < -0.4 is 4.72 Å². The molecule has 3 nitrogen and oxygen atoms in total. The second-order valence-electron chi connectivity index (χ2n) is 6.75. The van der Waals surface area contributed by atoms with Crippen LogP contribution in [0, 0.1) is 12.8 Å². The largest absolute Gasteiger partial charge is 0.240 e. The van der Waals surface area contributed by atoms with Crippen LogP contribution >= 0.6 is 21.6 Å². The molecule has 0 aromatic heterocycles. The fraction of sp³-hybridized carbons (Fsp3) is 0.400. The van der Waals surface area contributed by atoms with E-state index in [1.807, 2.05) is 37.3 Å². The second-order valence-corrected chi connectivity index (χ2v) is 11.2. The maximum Gasteiger partial charge on any atom is 0.240 e. The zero-order chi connectivity index (χ0) is 19.2. The van der Waals surface area contributed by atoms with Gasteiger partial charge < -0.3 is 0 Å². The van der Waals surface area contributed by atoms with E-state index in [1.165, 1.54) is 5.56 Å². The first-order chi connectivity index (χ1) is 12.3. The van der Waals surface area contributed by atoms with Gasteiger partial charge in [-0.1, -0.05) is 90.4 Å². The first-order valence-corrected chi connectivity index (χ1v) is 12.6. The Kier molecular flexibility index (Phi) is 8.07. The number of rotatable bonds is 9. The van der Waals surface area contributed by atoms with E-state index in [4.69, 9.17) is 0 Å². The predicted molar refractivity (Wildman–Crippen MR) is 115 cm³/mol. The Balaban J connectivity index is 1.99. The van der Waals surface area contributed by atoms with Crippen LogP contribution in [0.4, 0.5) is 0 Å². The lowest BCUT2D eigenvalue weighted by atomic mass is 10.0. The second kappa shape index (κ2) is 9.83. The topological polar surface area (TPSA) is 46.2 Å². The Morgan fingerprint density at radius 1 is 0.962 bits per heavy atom. The Morgan fingerprint density at radius 3 is 2.15 bits per heavy atom. The molecule has 6 heteroatoms. The van der Waals surface area contributed by atoms with Crippen LogP contribution in [0.1, 0.15) is 31.9 Å². The van der Waals surface area contributed by atoms with Crippen molar-refractivity contribution < 1.29 is 8.42 Å². The summed E-state index contributed by atoms with van der Waals surface area (Å²) in [4.78, 5) is 0.322. The summed E-state index contributed by atoms with van der Waals surface area (Å²) in [7, 11) is -0.0146.